The molecule has 1 heterocycles. The molecule has 1 aromatic rings. The molecule has 1 rings (SSSR count). The van der Waals surface area contributed by atoms with Crippen molar-refractivity contribution in [3.8, 4) is 6.07 Å². The van der Waals surface area contributed by atoms with Crippen LogP contribution < -0.4 is 0 Å². The third-order valence-corrected chi connectivity index (χ3v) is 1.78. The monoisotopic (exact) mass is 218 g/mol. The summed E-state index contributed by atoms with van der Waals surface area (Å²) < 4.78 is 24.8. The summed E-state index contributed by atoms with van der Waals surface area (Å²) >= 11 is 5.44. The Balaban J connectivity index is 3.41. The molecule has 1 aromatic heterocycles. The average molecular weight is 219 g/mol. The molecule has 0 amide bonds. The van der Waals surface area contributed by atoms with Crippen molar-refractivity contribution in [1.82, 2.24) is 4.98 Å². The third kappa shape index (κ3) is 1.97. The Morgan fingerprint density at radius 2 is 2.29 bits per heavy atom. The zero-order valence-corrected chi connectivity index (χ0v) is 7.59. The summed E-state index contributed by atoms with van der Waals surface area (Å²) in [7, 11) is 0. The fraction of sp³-hybridized carbons (Fsp3) is 0.250. The standard InChI is InChI=1S/C8H5ClF2N2O/c9-7-1-4(8(10)11)5(2-12)6(3-14)13-7/h1,8,14H,3H2. The van der Waals surface area contributed by atoms with Crippen molar-refractivity contribution in [3.63, 3.8) is 0 Å². The molecule has 0 saturated heterocycles. The number of aromatic nitrogens is 1. The van der Waals surface area contributed by atoms with Crippen LogP contribution in [0.2, 0.25) is 5.15 Å². The van der Waals surface area contributed by atoms with Gasteiger partial charge in [-0.15, -0.1) is 0 Å². The second kappa shape index (κ2) is 4.31. The highest BCUT2D eigenvalue weighted by molar-refractivity contribution is 6.29. The number of hydrogen-bond donors (Lipinski definition) is 1. The highest BCUT2D eigenvalue weighted by Crippen LogP contribution is 2.26. The normalized spacial score (nSPS) is 10.3. The molecular formula is C8H5ClF2N2O. The van der Waals surface area contributed by atoms with Gasteiger partial charge in [0.15, 0.2) is 0 Å². The SMILES string of the molecule is N#Cc1c(C(F)F)cc(Cl)nc1CO. The van der Waals surface area contributed by atoms with E-state index in [0.29, 0.717) is 0 Å². The summed E-state index contributed by atoms with van der Waals surface area (Å²) in [4.78, 5) is 3.57. The first-order chi connectivity index (χ1) is 6.60. The van der Waals surface area contributed by atoms with Gasteiger partial charge in [-0.05, 0) is 6.07 Å². The number of nitriles is 1. The van der Waals surface area contributed by atoms with Gasteiger partial charge in [-0.25, -0.2) is 13.8 Å². The van der Waals surface area contributed by atoms with Gasteiger partial charge in [0.1, 0.15) is 11.2 Å². The molecule has 0 aliphatic rings. The molecule has 6 heteroatoms. The first-order valence-electron chi connectivity index (χ1n) is 3.58. The van der Waals surface area contributed by atoms with Crippen molar-refractivity contribution in [2.75, 3.05) is 0 Å². The lowest BCUT2D eigenvalue weighted by atomic mass is 10.1. The highest BCUT2D eigenvalue weighted by atomic mass is 35.5. The predicted octanol–water partition coefficient (Wildman–Crippen LogP) is 2.04. The quantitative estimate of drug-likeness (QED) is 0.773. The second-order valence-corrected chi connectivity index (χ2v) is 2.81. The number of halogens is 3. The van der Waals surface area contributed by atoms with Crippen LogP contribution in [-0.2, 0) is 6.61 Å². The molecule has 0 aliphatic heterocycles. The van der Waals surface area contributed by atoms with E-state index in [1.54, 1.807) is 6.07 Å². The van der Waals surface area contributed by atoms with Crippen LogP contribution in [0.3, 0.4) is 0 Å². The van der Waals surface area contributed by atoms with E-state index in [0.717, 1.165) is 6.07 Å². The minimum Gasteiger partial charge on any atom is -0.390 e. The van der Waals surface area contributed by atoms with E-state index in [2.05, 4.69) is 4.98 Å². The Hall–Kier alpha value is -1.25. The zero-order valence-electron chi connectivity index (χ0n) is 6.84. The van der Waals surface area contributed by atoms with Crippen LogP contribution in [0, 0.1) is 11.3 Å². The largest absolute Gasteiger partial charge is 0.390 e. The van der Waals surface area contributed by atoms with Crippen molar-refractivity contribution < 1.29 is 13.9 Å². The highest BCUT2D eigenvalue weighted by Gasteiger charge is 2.18. The van der Waals surface area contributed by atoms with E-state index in [4.69, 9.17) is 22.0 Å². The molecule has 0 atom stereocenters. The van der Waals surface area contributed by atoms with Crippen molar-refractivity contribution in [1.29, 1.82) is 5.26 Å². The number of aliphatic hydroxyl groups is 1. The molecule has 0 radical (unpaired) electrons. The summed E-state index contributed by atoms with van der Waals surface area (Å²) in [6.07, 6.45) is -2.81. The van der Waals surface area contributed by atoms with E-state index < -0.39 is 18.6 Å². The maximum Gasteiger partial charge on any atom is 0.265 e. The number of alkyl halides is 2. The topological polar surface area (TPSA) is 56.9 Å². The second-order valence-electron chi connectivity index (χ2n) is 2.43. The van der Waals surface area contributed by atoms with Gasteiger partial charge < -0.3 is 5.11 Å². The van der Waals surface area contributed by atoms with Crippen molar-refractivity contribution in [2.24, 2.45) is 0 Å². The lowest BCUT2D eigenvalue weighted by Gasteiger charge is -2.06. The number of aliphatic hydroxyl groups excluding tert-OH is 1. The number of rotatable bonds is 2. The Bertz CT molecular complexity index is 390. The lowest BCUT2D eigenvalue weighted by molar-refractivity contribution is 0.150. The maximum atomic E-state index is 12.4. The molecule has 0 unspecified atom stereocenters. The molecule has 0 saturated carbocycles. The van der Waals surface area contributed by atoms with Crippen LogP contribution in [-0.4, -0.2) is 10.1 Å². The number of hydrogen-bond acceptors (Lipinski definition) is 3. The minimum atomic E-state index is -2.81. The van der Waals surface area contributed by atoms with Crippen molar-refractivity contribution in [3.05, 3.63) is 28.0 Å². The molecule has 0 fully saturated rings. The predicted molar refractivity (Wildman–Crippen MR) is 44.8 cm³/mol. The Morgan fingerprint density at radius 1 is 1.64 bits per heavy atom. The summed E-state index contributed by atoms with van der Waals surface area (Å²) in [6.45, 7) is -0.594. The molecule has 0 aliphatic carbocycles. The van der Waals surface area contributed by atoms with Crippen LogP contribution >= 0.6 is 11.6 Å². The molecule has 0 bridgehead atoms. The summed E-state index contributed by atoms with van der Waals surface area (Å²) in [5, 5.41) is 17.2. The molecule has 1 N–H and O–H groups in total. The summed E-state index contributed by atoms with van der Waals surface area (Å²) in [5.41, 5.74) is -0.946. The number of nitrogens with zero attached hydrogens (tertiary/aromatic N) is 2. The summed E-state index contributed by atoms with van der Waals surface area (Å²) in [6, 6.07) is 2.48. The van der Waals surface area contributed by atoms with E-state index in [1.807, 2.05) is 0 Å². The van der Waals surface area contributed by atoms with Gasteiger partial charge in [0.05, 0.1) is 17.9 Å². The van der Waals surface area contributed by atoms with E-state index in [1.165, 1.54) is 0 Å². The molecule has 3 nitrogen and oxygen atoms in total. The van der Waals surface area contributed by atoms with Gasteiger partial charge in [-0.1, -0.05) is 11.6 Å². The number of pyridine rings is 1. The molecule has 0 aromatic carbocycles. The van der Waals surface area contributed by atoms with Crippen molar-refractivity contribution >= 4 is 11.6 Å². The van der Waals surface area contributed by atoms with Gasteiger partial charge in [-0.3, -0.25) is 0 Å². The fourth-order valence-corrected chi connectivity index (χ4v) is 1.22. The van der Waals surface area contributed by atoms with Crippen LogP contribution in [0.1, 0.15) is 23.2 Å². The van der Waals surface area contributed by atoms with E-state index in [-0.39, 0.29) is 16.4 Å². The van der Waals surface area contributed by atoms with E-state index >= 15 is 0 Å². The third-order valence-electron chi connectivity index (χ3n) is 1.59. The van der Waals surface area contributed by atoms with Crippen LogP contribution in [0.4, 0.5) is 8.78 Å². The summed E-state index contributed by atoms with van der Waals surface area (Å²) in [5.74, 6) is 0. The Labute approximate surface area is 83.6 Å². The molecule has 14 heavy (non-hydrogen) atoms. The molecule has 0 spiro atoms. The van der Waals surface area contributed by atoms with Gasteiger partial charge in [0.25, 0.3) is 6.43 Å². The molecular weight excluding hydrogens is 214 g/mol. The minimum absolute atomic E-state index is 0.129. The van der Waals surface area contributed by atoms with Crippen LogP contribution in [0.25, 0.3) is 0 Å². The first-order valence-corrected chi connectivity index (χ1v) is 3.96. The van der Waals surface area contributed by atoms with Gasteiger partial charge in [0, 0.05) is 5.56 Å². The van der Waals surface area contributed by atoms with Gasteiger partial charge in [0.2, 0.25) is 0 Å². The van der Waals surface area contributed by atoms with Crippen LogP contribution in [0.15, 0.2) is 6.07 Å². The zero-order chi connectivity index (χ0) is 10.7. The van der Waals surface area contributed by atoms with E-state index in [9.17, 15) is 8.78 Å². The van der Waals surface area contributed by atoms with Gasteiger partial charge in [-0.2, -0.15) is 5.26 Å². The van der Waals surface area contributed by atoms with Crippen LogP contribution in [0.5, 0.6) is 0 Å². The Kier molecular flexibility index (Phi) is 3.33. The lowest BCUT2D eigenvalue weighted by Crippen LogP contribution is -2.01. The molecule has 74 valence electrons. The van der Waals surface area contributed by atoms with Gasteiger partial charge >= 0.3 is 0 Å². The maximum absolute atomic E-state index is 12.4. The average Bonchev–Trinajstić information content (AvgIpc) is 2.16. The first kappa shape index (κ1) is 10.8. The van der Waals surface area contributed by atoms with Crippen molar-refractivity contribution in [2.45, 2.75) is 13.0 Å². The Morgan fingerprint density at radius 3 is 2.71 bits per heavy atom. The smallest absolute Gasteiger partial charge is 0.265 e. The fourth-order valence-electron chi connectivity index (χ4n) is 1.000.